The number of likely N-dealkylation sites (N-methyl/N-ethyl adjacent to an activating group) is 1. The molecule has 1 N–H and O–H groups in total. The fourth-order valence-corrected chi connectivity index (χ4v) is 3.37. The van der Waals surface area contributed by atoms with Crippen LogP contribution in [0, 0.1) is 5.82 Å². The fraction of sp³-hybridized carbons (Fsp3) is 0.238. The van der Waals surface area contributed by atoms with E-state index in [1.807, 2.05) is 13.1 Å². The van der Waals surface area contributed by atoms with Gasteiger partial charge >= 0.3 is 0 Å². The summed E-state index contributed by atoms with van der Waals surface area (Å²) in [7, 11) is 3.74. The number of hydrogen-bond donors (Lipinski definition) is 1. The summed E-state index contributed by atoms with van der Waals surface area (Å²) >= 11 is 1.75. The Balaban J connectivity index is 0.00000300. The molecule has 0 unspecified atom stereocenters. The number of thiophene rings is 1. The van der Waals surface area contributed by atoms with Crippen molar-refractivity contribution in [1.29, 1.82) is 0 Å². The van der Waals surface area contributed by atoms with Gasteiger partial charge < -0.3 is 15.0 Å². The van der Waals surface area contributed by atoms with E-state index in [9.17, 15) is 4.39 Å². The third-order valence-corrected chi connectivity index (χ3v) is 5.09. The molecule has 0 aliphatic carbocycles. The second-order valence-electron chi connectivity index (χ2n) is 6.21. The molecule has 0 aliphatic rings. The van der Waals surface area contributed by atoms with Gasteiger partial charge in [-0.1, -0.05) is 12.1 Å². The molecule has 5 nitrogen and oxygen atoms in total. The molecular weight excluding hydrogens is 502 g/mol. The smallest absolute Gasteiger partial charge is 0.193 e. The zero-order valence-corrected chi connectivity index (χ0v) is 19.5. The van der Waals surface area contributed by atoms with E-state index in [2.05, 4.69) is 37.7 Å². The van der Waals surface area contributed by atoms with E-state index in [1.54, 1.807) is 49.0 Å². The molecule has 0 saturated heterocycles. The predicted octanol–water partition coefficient (Wildman–Crippen LogP) is 4.94. The molecule has 2 heterocycles. The molecular formula is C21H24FIN4OS. The molecule has 0 bridgehead atoms. The molecule has 0 spiro atoms. The van der Waals surface area contributed by atoms with Crippen LogP contribution in [-0.4, -0.2) is 36.5 Å². The first-order valence-corrected chi connectivity index (χ1v) is 9.84. The Hall–Kier alpha value is -2.20. The van der Waals surface area contributed by atoms with Gasteiger partial charge in [0.2, 0.25) is 0 Å². The molecule has 0 radical (unpaired) electrons. The molecule has 0 saturated carbocycles. The molecule has 8 heteroatoms. The average molecular weight is 526 g/mol. The lowest BCUT2D eigenvalue weighted by molar-refractivity contribution is 0.439. The van der Waals surface area contributed by atoms with Crippen molar-refractivity contribution in [2.75, 3.05) is 20.6 Å². The molecule has 2 aromatic heterocycles. The van der Waals surface area contributed by atoms with E-state index >= 15 is 0 Å². The summed E-state index contributed by atoms with van der Waals surface area (Å²) in [6.45, 7) is 1.33. The van der Waals surface area contributed by atoms with E-state index in [0.717, 1.165) is 24.5 Å². The van der Waals surface area contributed by atoms with Crippen LogP contribution in [0.4, 0.5) is 4.39 Å². The van der Waals surface area contributed by atoms with Gasteiger partial charge in [-0.05, 0) is 47.7 Å². The van der Waals surface area contributed by atoms with E-state index in [4.69, 9.17) is 4.74 Å². The number of rotatable bonds is 7. The Morgan fingerprint density at radius 1 is 1.28 bits per heavy atom. The number of benzene rings is 1. The van der Waals surface area contributed by atoms with Crippen molar-refractivity contribution in [3.63, 3.8) is 0 Å². The molecule has 0 fully saturated rings. The monoisotopic (exact) mass is 526 g/mol. The Kier molecular flexibility index (Phi) is 9.33. The van der Waals surface area contributed by atoms with Gasteiger partial charge in [0.15, 0.2) is 17.5 Å². The van der Waals surface area contributed by atoms with Crippen molar-refractivity contribution >= 4 is 41.3 Å². The number of aromatic nitrogens is 1. The maximum absolute atomic E-state index is 14.4. The molecule has 29 heavy (non-hydrogen) atoms. The minimum Gasteiger partial charge on any atom is -0.453 e. The van der Waals surface area contributed by atoms with Gasteiger partial charge in [0.25, 0.3) is 0 Å². The van der Waals surface area contributed by atoms with Crippen molar-refractivity contribution in [1.82, 2.24) is 15.2 Å². The van der Waals surface area contributed by atoms with Crippen molar-refractivity contribution in [3.8, 4) is 11.5 Å². The van der Waals surface area contributed by atoms with Crippen molar-refractivity contribution in [2.24, 2.45) is 4.99 Å². The van der Waals surface area contributed by atoms with Gasteiger partial charge in [-0.25, -0.2) is 4.39 Å². The minimum absolute atomic E-state index is 0. The lowest BCUT2D eigenvalue weighted by Gasteiger charge is -2.22. The number of ether oxygens (including phenoxy) is 1. The molecule has 3 aromatic rings. The van der Waals surface area contributed by atoms with Crippen molar-refractivity contribution in [3.05, 3.63) is 76.5 Å². The van der Waals surface area contributed by atoms with Crippen LogP contribution in [0.2, 0.25) is 0 Å². The zero-order valence-electron chi connectivity index (χ0n) is 16.3. The summed E-state index contributed by atoms with van der Waals surface area (Å²) in [4.78, 5) is 11.7. The maximum atomic E-state index is 14.4. The van der Waals surface area contributed by atoms with Gasteiger partial charge in [-0.3, -0.25) is 9.98 Å². The average Bonchev–Trinajstić information content (AvgIpc) is 3.23. The molecule has 3 rings (SSSR count). The Bertz CT molecular complexity index is 906. The largest absolute Gasteiger partial charge is 0.453 e. The number of pyridine rings is 1. The van der Waals surface area contributed by atoms with Gasteiger partial charge in [0.05, 0.1) is 6.20 Å². The highest BCUT2D eigenvalue weighted by atomic mass is 127. The minimum atomic E-state index is -0.413. The molecule has 1 aromatic carbocycles. The highest BCUT2D eigenvalue weighted by Crippen LogP contribution is 2.24. The topological polar surface area (TPSA) is 49.8 Å². The van der Waals surface area contributed by atoms with Crippen LogP contribution in [0.3, 0.4) is 0 Å². The summed E-state index contributed by atoms with van der Waals surface area (Å²) in [5.74, 6) is 1.03. The zero-order chi connectivity index (χ0) is 19.8. The van der Waals surface area contributed by atoms with Gasteiger partial charge in [0.1, 0.15) is 5.75 Å². The highest BCUT2D eigenvalue weighted by Gasteiger charge is 2.09. The third-order valence-electron chi connectivity index (χ3n) is 4.16. The number of halogens is 2. The van der Waals surface area contributed by atoms with E-state index in [0.29, 0.717) is 12.3 Å². The summed E-state index contributed by atoms with van der Waals surface area (Å²) < 4.78 is 19.9. The second-order valence-corrected chi connectivity index (χ2v) is 7.24. The summed E-state index contributed by atoms with van der Waals surface area (Å²) in [5, 5.41) is 5.36. The predicted molar refractivity (Wildman–Crippen MR) is 127 cm³/mol. The number of aliphatic imine (C=N–C) groups is 1. The number of nitrogens with one attached hydrogen (secondary N) is 1. The van der Waals surface area contributed by atoms with Gasteiger partial charge in [0, 0.05) is 38.3 Å². The van der Waals surface area contributed by atoms with Crippen LogP contribution < -0.4 is 10.1 Å². The first kappa shape index (κ1) is 23.1. The van der Waals surface area contributed by atoms with Crippen LogP contribution in [0.15, 0.2) is 65.2 Å². The van der Waals surface area contributed by atoms with E-state index in [1.165, 1.54) is 10.9 Å². The Morgan fingerprint density at radius 3 is 2.79 bits per heavy atom. The first-order valence-electron chi connectivity index (χ1n) is 8.96. The van der Waals surface area contributed by atoms with Gasteiger partial charge in [-0.2, -0.15) is 0 Å². The number of hydrogen-bond acceptors (Lipinski definition) is 4. The van der Waals surface area contributed by atoms with E-state index < -0.39 is 5.82 Å². The molecule has 154 valence electrons. The molecule has 0 atom stereocenters. The van der Waals surface area contributed by atoms with Crippen LogP contribution in [0.25, 0.3) is 0 Å². The molecule has 0 amide bonds. The van der Waals surface area contributed by atoms with Crippen LogP contribution in [0.1, 0.15) is 10.4 Å². The maximum Gasteiger partial charge on any atom is 0.193 e. The third kappa shape index (κ3) is 6.97. The van der Waals surface area contributed by atoms with Crippen molar-refractivity contribution < 1.29 is 9.13 Å². The summed E-state index contributed by atoms with van der Waals surface area (Å²) in [5.41, 5.74) is 0.809. The molecule has 0 aliphatic heterocycles. The lowest BCUT2D eigenvalue weighted by atomic mass is 10.2. The number of guanidine groups is 1. The van der Waals surface area contributed by atoms with E-state index in [-0.39, 0.29) is 29.7 Å². The first-order chi connectivity index (χ1) is 13.7. The Morgan fingerprint density at radius 2 is 2.14 bits per heavy atom. The Labute approximate surface area is 191 Å². The lowest BCUT2D eigenvalue weighted by Crippen LogP contribution is -2.39. The summed E-state index contributed by atoms with van der Waals surface area (Å²) in [6.07, 6.45) is 4.15. The SMILES string of the molecule is CN=C(NCc1ccc(Oc2cccnc2)c(F)c1)N(C)CCc1cccs1.I. The quantitative estimate of drug-likeness (QED) is 0.269. The standard InChI is InChI=1S/C21H23FN4OS.HI/c1-23-21(26(2)11-9-18-6-4-12-28-18)25-14-16-7-8-20(19(22)13-16)27-17-5-3-10-24-15-17;/h3-8,10,12-13,15H,9,11,14H2,1-2H3,(H,23,25);1H. The van der Waals surface area contributed by atoms with Crippen LogP contribution in [-0.2, 0) is 13.0 Å². The normalized spacial score (nSPS) is 10.9. The second kappa shape index (κ2) is 11.7. The summed E-state index contributed by atoms with van der Waals surface area (Å²) in [6, 6.07) is 12.6. The van der Waals surface area contributed by atoms with Crippen molar-refractivity contribution in [2.45, 2.75) is 13.0 Å². The fourth-order valence-electron chi connectivity index (χ4n) is 2.68. The van der Waals surface area contributed by atoms with Gasteiger partial charge in [-0.15, -0.1) is 35.3 Å². The van der Waals surface area contributed by atoms with Crippen LogP contribution in [0.5, 0.6) is 11.5 Å². The van der Waals surface area contributed by atoms with Crippen LogP contribution >= 0.6 is 35.3 Å². The number of nitrogens with zero attached hydrogens (tertiary/aromatic N) is 3. The highest BCUT2D eigenvalue weighted by molar-refractivity contribution is 14.0.